The SMILES string of the molecule is CC(=O)N[C@@H](CCCCN)C(=O)N[C@@H](CCCN=C(N)N)C(=O)N1CCC[C@H]1C(=O)N1CCC[C@H]1C(=O)NCC(=O)N[C@@H](Cc1ccccc1)C(=O)N[C@@H](CO)C(=O)N1CCC[C@H]1C(=O)N[C@@H](CC(C)C)C(=O)O. The summed E-state index contributed by atoms with van der Waals surface area (Å²) in [6, 6.07) is -0.477. The summed E-state index contributed by atoms with van der Waals surface area (Å²) in [4.78, 5) is 142. The van der Waals surface area contributed by atoms with Crippen molar-refractivity contribution >= 4 is 65.1 Å². The van der Waals surface area contributed by atoms with Gasteiger partial charge in [0.2, 0.25) is 53.2 Å². The van der Waals surface area contributed by atoms with E-state index in [2.05, 4.69) is 36.9 Å². The fourth-order valence-electron chi connectivity index (χ4n) is 9.53. The van der Waals surface area contributed by atoms with E-state index >= 15 is 0 Å². The van der Waals surface area contributed by atoms with Crippen LogP contribution in [0.3, 0.4) is 0 Å². The predicted molar refractivity (Wildman–Crippen MR) is 270 cm³/mol. The van der Waals surface area contributed by atoms with Crippen molar-refractivity contribution in [2.24, 2.45) is 28.1 Å². The van der Waals surface area contributed by atoms with Crippen LogP contribution in [0, 0.1) is 5.92 Å². The van der Waals surface area contributed by atoms with Crippen molar-refractivity contribution in [1.82, 2.24) is 46.6 Å². The lowest BCUT2D eigenvalue weighted by molar-refractivity contribution is -0.148. The van der Waals surface area contributed by atoms with Crippen LogP contribution in [-0.4, -0.2) is 184 Å². The van der Waals surface area contributed by atoms with Gasteiger partial charge >= 0.3 is 5.97 Å². The van der Waals surface area contributed by atoms with E-state index in [1.807, 2.05) is 13.8 Å². The summed E-state index contributed by atoms with van der Waals surface area (Å²) in [6.45, 7) is 4.46. The average molecular weight is 1040 g/mol. The van der Waals surface area contributed by atoms with E-state index in [-0.39, 0.29) is 83.0 Å². The fraction of sp³-hybridized carbons (Fsp3) is 0.653. The van der Waals surface area contributed by atoms with Gasteiger partial charge < -0.3 is 74.0 Å². The molecule has 0 spiro atoms. The fourth-order valence-corrected chi connectivity index (χ4v) is 9.53. The van der Waals surface area contributed by atoms with E-state index in [4.69, 9.17) is 17.2 Å². The third-order valence-corrected chi connectivity index (χ3v) is 13.2. The standard InChI is InChI=1S/C49H77N13O12/c1-29(2)25-35(48(73)74)58-44(69)38-18-11-22-60(38)46(71)36(28-63)59-42(67)34(26-31-13-5-4-6-14-31)56-40(65)27-54-43(68)37-17-10-23-61(37)47(72)39-19-12-24-62(39)45(70)33(16-9-21-53-49(51)52)57-41(66)32(55-30(3)64)15-7-8-20-50/h4-6,13-14,29,32-39,63H,7-12,15-28,50H2,1-3H3,(H,54,68)(H,55,64)(H,56,65)(H,57,66)(H,58,69)(H,59,67)(H,73,74)(H4,51,52,53)/t32-,33-,34-,35-,36-,37-,38-,39-/m0/s1. The van der Waals surface area contributed by atoms with Gasteiger partial charge in [-0.15, -0.1) is 0 Å². The number of guanidine groups is 1. The number of benzene rings is 1. The molecule has 3 aliphatic heterocycles. The minimum Gasteiger partial charge on any atom is -0.480 e. The van der Waals surface area contributed by atoms with Crippen molar-refractivity contribution < 1.29 is 58.2 Å². The number of likely N-dealkylation sites (tertiary alicyclic amines) is 3. The minimum atomic E-state index is -1.53. The number of aliphatic hydroxyl groups is 1. The molecule has 3 heterocycles. The number of carbonyl (C=O) groups is 10. The molecule has 25 nitrogen and oxygen atoms in total. The van der Waals surface area contributed by atoms with E-state index in [1.54, 1.807) is 30.3 Å². The Bertz CT molecular complexity index is 2160. The molecule has 0 unspecified atom stereocenters. The highest BCUT2D eigenvalue weighted by Gasteiger charge is 2.44. The van der Waals surface area contributed by atoms with E-state index in [1.165, 1.54) is 21.6 Å². The van der Waals surface area contributed by atoms with Gasteiger partial charge in [0.15, 0.2) is 5.96 Å². The quantitative estimate of drug-likeness (QED) is 0.0227. The van der Waals surface area contributed by atoms with Crippen LogP contribution in [0.5, 0.6) is 0 Å². The molecule has 0 radical (unpaired) electrons. The molecule has 3 aliphatic rings. The van der Waals surface area contributed by atoms with Crippen LogP contribution in [0.15, 0.2) is 35.3 Å². The lowest BCUT2D eigenvalue weighted by Gasteiger charge is -2.33. The van der Waals surface area contributed by atoms with Gasteiger partial charge in [0.25, 0.3) is 0 Å². The van der Waals surface area contributed by atoms with Gasteiger partial charge in [0, 0.05) is 39.5 Å². The predicted octanol–water partition coefficient (Wildman–Crippen LogP) is -2.93. The number of aliphatic imine (C=N–C) groups is 1. The first-order valence-corrected chi connectivity index (χ1v) is 25.6. The van der Waals surface area contributed by atoms with E-state index in [9.17, 15) is 58.2 Å². The highest BCUT2D eigenvalue weighted by Crippen LogP contribution is 2.27. The van der Waals surface area contributed by atoms with Crippen molar-refractivity contribution in [1.29, 1.82) is 0 Å². The Balaban J connectivity index is 1.42. The molecule has 8 atom stereocenters. The second kappa shape index (κ2) is 29.7. The number of carboxylic acids is 1. The molecule has 0 aliphatic carbocycles. The summed E-state index contributed by atoms with van der Waals surface area (Å²) in [5.74, 6) is -7.18. The van der Waals surface area contributed by atoms with Gasteiger partial charge in [0.1, 0.15) is 48.3 Å². The molecule has 74 heavy (non-hydrogen) atoms. The molecule has 0 bridgehead atoms. The molecular formula is C49H77N13O12. The lowest BCUT2D eigenvalue weighted by atomic mass is 10.0. The van der Waals surface area contributed by atoms with Crippen molar-refractivity contribution in [2.75, 3.05) is 45.9 Å². The van der Waals surface area contributed by atoms with Gasteiger partial charge in [-0.2, -0.15) is 0 Å². The number of hydrogen-bond acceptors (Lipinski definition) is 13. The van der Waals surface area contributed by atoms with Gasteiger partial charge in [0.05, 0.1) is 13.2 Å². The summed E-state index contributed by atoms with van der Waals surface area (Å²) < 4.78 is 0. The van der Waals surface area contributed by atoms with Crippen LogP contribution in [0.1, 0.15) is 103 Å². The molecule has 1 aromatic carbocycles. The number of hydrogen-bond donors (Lipinski definition) is 11. The molecule has 410 valence electrons. The number of carbonyl (C=O) groups excluding carboxylic acids is 9. The zero-order valence-electron chi connectivity index (χ0n) is 42.7. The first-order chi connectivity index (χ1) is 35.2. The number of rotatable bonds is 28. The molecule has 3 fully saturated rings. The molecule has 9 amide bonds. The van der Waals surface area contributed by atoms with Crippen molar-refractivity contribution in [3.8, 4) is 0 Å². The number of nitrogens with one attached hydrogen (secondary N) is 6. The van der Waals surface area contributed by atoms with Crippen LogP contribution >= 0.6 is 0 Å². The Morgan fingerprint density at radius 1 is 0.676 bits per heavy atom. The van der Waals surface area contributed by atoms with E-state index in [0.29, 0.717) is 50.6 Å². The normalized spacial score (nSPS) is 19.3. The second-order valence-electron chi connectivity index (χ2n) is 19.4. The molecule has 0 saturated carbocycles. The largest absolute Gasteiger partial charge is 0.480 e. The smallest absolute Gasteiger partial charge is 0.326 e. The van der Waals surface area contributed by atoms with Crippen LogP contribution in [0.4, 0.5) is 0 Å². The summed E-state index contributed by atoms with van der Waals surface area (Å²) in [7, 11) is 0. The van der Waals surface area contributed by atoms with Gasteiger partial charge in [-0.05, 0) is 95.1 Å². The first-order valence-electron chi connectivity index (χ1n) is 25.6. The second-order valence-corrected chi connectivity index (χ2v) is 19.4. The minimum absolute atomic E-state index is 0.0460. The number of amides is 9. The molecule has 4 rings (SSSR count). The molecule has 1 aromatic rings. The Labute approximate surface area is 431 Å². The van der Waals surface area contributed by atoms with E-state index < -0.39 is 121 Å². The first kappa shape index (κ1) is 59.7. The molecule has 25 heteroatoms. The third kappa shape index (κ3) is 17.9. The Kier molecular flexibility index (Phi) is 24.0. The topological polar surface area (TPSA) is 383 Å². The van der Waals surface area contributed by atoms with Gasteiger partial charge in [-0.25, -0.2) is 4.79 Å². The summed E-state index contributed by atoms with van der Waals surface area (Å²) >= 11 is 0. The summed E-state index contributed by atoms with van der Waals surface area (Å²) in [5, 5.41) is 35.6. The molecule has 14 N–H and O–H groups in total. The highest BCUT2D eigenvalue weighted by molar-refractivity contribution is 5.98. The molecule has 0 aromatic heterocycles. The Morgan fingerprint density at radius 2 is 1.24 bits per heavy atom. The van der Waals surface area contributed by atoms with E-state index in [0.717, 1.165) is 0 Å². The number of nitrogens with zero attached hydrogens (tertiary/aromatic N) is 4. The van der Waals surface area contributed by atoms with Gasteiger partial charge in [-0.3, -0.25) is 48.1 Å². The van der Waals surface area contributed by atoms with Crippen LogP contribution < -0.4 is 49.1 Å². The molecule has 3 saturated heterocycles. The van der Waals surface area contributed by atoms with Crippen molar-refractivity contribution in [2.45, 2.75) is 153 Å². The maximum Gasteiger partial charge on any atom is 0.326 e. The highest BCUT2D eigenvalue weighted by atomic mass is 16.4. The van der Waals surface area contributed by atoms with Crippen LogP contribution in [-0.2, 0) is 54.4 Å². The monoisotopic (exact) mass is 1040 g/mol. The Hall–Kier alpha value is -6.89. The number of carboxylic acid groups (broad SMARTS) is 1. The maximum atomic E-state index is 14.3. The summed E-state index contributed by atoms with van der Waals surface area (Å²) in [6.07, 6.45) is 4.02. The summed E-state index contributed by atoms with van der Waals surface area (Å²) in [5.41, 5.74) is 17.3. The number of aliphatic hydroxyl groups excluding tert-OH is 1. The lowest BCUT2D eigenvalue weighted by Crippen LogP contribution is -2.59. The van der Waals surface area contributed by atoms with Crippen LogP contribution in [0.25, 0.3) is 0 Å². The molecular weight excluding hydrogens is 963 g/mol. The number of unbranched alkanes of at least 4 members (excludes halogenated alkanes) is 1. The zero-order chi connectivity index (χ0) is 54.5. The number of aliphatic carboxylic acids is 1. The maximum absolute atomic E-state index is 14.3. The van der Waals surface area contributed by atoms with Crippen molar-refractivity contribution in [3.05, 3.63) is 35.9 Å². The number of nitrogens with two attached hydrogens (primary N) is 3. The average Bonchev–Trinajstić information content (AvgIpc) is 4.17. The van der Waals surface area contributed by atoms with Crippen LogP contribution in [0.2, 0.25) is 0 Å². The Morgan fingerprint density at radius 3 is 1.84 bits per heavy atom. The third-order valence-electron chi connectivity index (χ3n) is 13.2. The zero-order valence-corrected chi connectivity index (χ0v) is 42.7. The van der Waals surface area contributed by atoms with Crippen molar-refractivity contribution in [3.63, 3.8) is 0 Å². The van der Waals surface area contributed by atoms with Gasteiger partial charge in [-0.1, -0.05) is 44.2 Å².